The van der Waals surface area contributed by atoms with Gasteiger partial charge in [0, 0.05) is 68.4 Å². The number of piperidine rings is 2. The maximum atomic E-state index is 17.5. The maximum absolute atomic E-state index is 17.5. The lowest BCUT2D eigenvalue weighted by Gasteiger charge is -2.42. The second-order valence-electron chi connectivity index (χ2n) is 23.2. The van der Waals surface area contributed by atoms with Crippen molar-refractivity contribution in [1.82, 2.24) is 44.1 Å². The minimum atomic E-state index is -0.786. The Kier molecular flexibility index (Phi) is 13.7. The fourth-order valence-electron chi connectivity index (χ4n) is 13.4. The molecule has 6 aromatic rings. The Morgan fingerprint density at radius 2 is 1.69 bits per heavy atom. The van der Waals surface area contributed by atoms with Crippen LogP contribution in [0, 0.1) is 24.0 Å². The summed E-state index contributed by atoms with van der Waals surface area (Å²) >= 11 is 0. The highest BCUT2D eigenvalue weighted by Crippen LogP contribution is 2.44. The molecule has 3 aromatic carbocycles. The Balaban J connectivity index is 0.723. The van der Waals surface area contributed by atoms with E-state index < -0.39 is 34.7 Å². The second kappa shape index (κ2) is 20.8. The highest BCUT2D eigenvalue weighted by Gasteiger charge is 2.51. The third kappa shape index (κ3) is 9.52. The summed E-state index contributed by atoms with van der Waals surface area (Å²) in [5.41, 5.74) is 0.875. The van der Waals surface area contributed by atoms with E-state index in [0.29, 0.717) is 77.6 Å². The zero-order chi connectivity index (χ0) is 55.8. The number of amides is 4. The lowest BCUT2D eigenvalue weighted by molar-refractivity contribution is -0.135. The van der Waals surface area contributed by atoms with Crippen molar-refractivity contribution in [3.05, 3.63) is 88.0 Å². The summed E-state index contributed by atoms with van der Waals surface area (Å²) in [4.78, 5) is 87.5. The van der Waals surface area contributed by atoms with Crippen molar-refractivity contribution in [2.24, 2.45) is 7.05 Å². The number of imide groups is 1. The quantitative estimate of drug-likeness (QED) is 0.0988. The number of nitrogens with zero attached hydrogens (tertiary/aromatic N) is 9. The maximum Gasteiger partial charge on any atom is 0.410 e. The molecule has 21 heteroatoms. The van der Waals surface area contributed by atoms with Gasteiger partial charge in [-0.2, -0.15) is 9.97 Å². The fourth-order valence-corrected chi connectivity index (χ4v) is 13.4. The zero-order valence-electron chi connectivity index (χ0n) is 45.3. The number of pyridine rings is 1. The summed E-state index contributed by atoms with van der Waals surface area (Å²) in [5, 5.41) is 3.70. The summed E-state index contributed by atoms with van der Waals surface area (Å²) in [6, 6.07) is 12.4. The van der Waals surface area contributed by atoms with E-state index in [-0.39, 0.29) is 103 Å². The van der Waals surface area contributed by atoms with Gasteiger partial charge >= 0.3 is 23.9 Å². The van der Waals surface area contributed by atoms with Gasteiger partial charge in [0.05, 0.1) is 52.3 Å². The first-order valence-electron chi connectivity index (χ1n) is 27.7. The van der Waals surface area contributed by atoms with Crippen LogP contribution in [0.2, 0.25) is 0 Å². The number of para-hydroxylation sites is 1. The summed E-state index contributed by atoms with van der Waals surface area (Å²) in [7, 11) is 1.66. The average Bonchev–Trinajstić information content (AvgIpc) is 4.22. The number of hydrogen-bond donors (Lipinski definition) is 1. The molecule has 418 valence electrons. The molecule has 80 heavy (non-hydrogen) atoms. The predicted molar refractivity (Wildman–Crippen MR) is 292 cm³/mol. The molecule has 6 saturated heterocycles. The standard InChI is InChI=1S/C59H64F2N10O9/c1-6-40-43(60)17-14-34-10-7-12-41(47(34)40)49-48(61)50-42(28-62-49)52(68-29-36-15-16-37(30-68)70(36)57(76)80-58(2,3)4)65-54(64-50)79-33-59-23-9-25-69(59)38(20-24-59)32-78-56(75)67-26-21-39(22-27-67)77-31-35-11-8-13-44-51(35)66(5)55(74)71(44)45-18-19-46(72)63-53(45)73/h1,7-8,10-14,17,28,36-39,45H,9,15-16,18-27,29-33H2,2-5H3,(H,63,72,73)/t36?,37?,38-,45?,59-/m0/s1. The van der Waals surface area contributed by atoms with Gasteiger partial charge in [0.1, 0.15) is 47.7 Å². The molecular weight excluding hydrogens is 1030 g/mol. The number of nitrogens with one attached hydrogen (secondary N) is 1. The van der Waals surface area contributed by atoms with Crippen molar-refractivity contribution >= 4 is 62.5 Å². The monoisotopic (exact) mass is 1090 g/mol. The number of ether oxygens (including phenoxy) is 4. The molecule has 3 unspecified atom stereocenters. The van der Waals surface area contributed by atoms with Crippen LogP contribution in [0.1, 0.15) is 102 Å². The van der Waals surface area contributed by atoms with Crippen LogP contribution in [0.25, 0.3) is 44.0 Å². The molecule has 0 aliphatic carbocycles. The van der Waals surface area contributed by atoms with Gasteiger partial charge in [-0.25, -0.2) is 23.2 Å². The highest BCUT2D eigenvalue weighted by molar-refractivity contribution is 6.02. The fraction of sp³-hybridized carbons (Fsp3) is 0.492. The topological polar surface area (TPSA) is 196 Å². The molecule has 6 fully saturated rings. The van der Waals surface area contributed by atoms with Crippen LogP contribution in [0.3, 0.4) is 0 Å². The van der Waals surface area contributed by atoms with Crippen molar-refractivity contribution in [2.75, 3.05) is 50.8 Å². The number of aryl methyl sites for hydroxylation is 1. The van der Waals surface area contributed by atoms with Gasteiger partial charge in [0.25, 0.3) is 0 Å². The molecule has 6 aliphatic rings. The van der Waals surface area contributed by atoms with Crippen LogP contribution in [-0.4, -0.2) is 144 Å². The molecule has 1 N–H and O–H groups in total. The van der Waals surface area contributed by atoms with Crippen molar-refractivity contribution in [3.63, 3.8) is 0 Å². The Morgan fingerprint density at radius 1 is 0.912 bits per heavy atom. The van der Waals surface area contributed by atoms with E-state index in [1.54, 1.807) is 48.5 Å². The van der Waals surface area contributed by atoms with Crippen LogP contribution in [0.5, 0.6) is 6.01 Å². The number of piperazine rings is 1. The molecule has 5 atom stereocenters. The summed E-state index contributed by atoms with van der Waals surface area (Å²) < 4.78 is 60.5. The number of anilines is 1. The van der Waals surface area contributed by atoms with Gasteiger partial charge < -0.3 is 28.7 Å². The van der Waals surface area contributed by atoms with E-state index in [0.717, 1.165) is 50.6 Å². The number of imidazole rings is 1. The summed E-state index contributed by atoms with van der Waals surface area (Å²) in [5.74, 6) is 0.692. The van der Waals surface area contributed by atoms with Gasteiger partial charge in [-0.1, -0.05) is 42.3 Å². The smallest absolute Gasteiger partial charge is 0.410 e. The minimum Gasteiger partial charge on any atom is -0.461 e. The molecule has 0 radical (unpaired) electrons. The third-order valence-corrected chi connectivity index (χ3v) is 17.2. The molecule has 0 saturated carbocycles. The van der Waals surface area contributed by atoms with Crippen LogP contribution in [-0.2, 0) is 37.5 Å². The number of halogens is 2. The predicted octanol–water partition coefficient (Wildman–Crippen LogP) is 7.52. The summed E-state index contributed by atoms with van der Waals surface area (Å²) in [6.45, 7) is 8.67. The molecule has 6 aliphatic heterocycles. The normalized spacial score (nSPS) is 23.5. The van der Waals surface area contributed by atoms with Gasteiger partial charge in [-0.3, -0.25) is 38.8 Å². The summed E-state index contributed by atoms with van der Waals surface area (Å²) in [6.07, 6.45) is 12.9. The van der Waals surface area contributed by atoms with E-state index in [2.05, 4.69) is 26.0 Å². The first-order chi connectivity index (χ1) is 38.5. The highest BCUT2D eigenvalue weighted by atomic mass is 19.1. The number of hydrogen-bond acceptors (Lipinski definition) is 14. The van der Waals surface area contributed by atoms with Crippen LogP contribution in [0.15, 0.2) is 59.5 Å². The van der Waals surface area contributed by atoms with E-state index in [9.17, 15) is 24.0 Å². The van der Waals surface area contributed by atoms with Crippen LogP contribution in [0.4, 0.5) is 24.2 Å². The van der Waals surface area contributed by atoms with Gasteiger partial charge in [0.2, 0.25) is 11.8 Å². The van der Waals surface area contributed by atoms with Crippen molar-refractivity contribution in [1.29, 1.82) is 0 Å². The number of fused-ring (bicyclic) bond motifs is 6. The Labute approximate surface area is 460 Å². The Morgan fingerprint density at radius 3 is 2.44 bits per heavy atom. The molecule has 9 heterocycles. The number of terminal acetylenes is 1. The zero-order valence-corrected chi connectivity index (χ0v) is 45.3. The molecular formula is C59H64F2N10O9. The number of benzene rings is 3. The van der Waals surface area contributed by atoms with Gasteiger partial charge in [-0.15, -0.1) is 6.42 Å². The van der Waals surface area contributed by atoms with Gasteiger partial charge in [-0.05, 0) is 103 Å². The van der Waals surface area contributed by atoms with Gasteiger partial charge in [0.15, 0.2) is 5.82 Å². The lowest BCUT2D eigenvalue weighted by Crippen LogP contribution is -2.57. The molecule has 19 nitrogen and oxygen atoms in total. The molecule has 0 spiro atoms. The van der Waals surface area contributed by atoms with Crippen LogP contribution >= 0.6 is 0 Å². The number of rotatable bonds is 11. The van der Waals surface area contributed by atoms with Crippen molar-refractivity contribution < 1.29 is 46.9 Å². The van der Waals surface area contributed by atoms with Crippen molar-refractivity contribution in [3.8, 4) is 29.6 Å². The Hall–Kier alpha value is -7.70. The van der Waals surface area contributed by atoms with Crippen molar-refractivity contribution in [2.45, 2.75) is 133 Å². The number of likely N-dealkylation sites (tertiary alicyclic amines) is 1. The van der Waals surface area contributed by atoms with E-state index in [4.69, 9.17) is 35.3 Å². The number of carbonyl (C=O) groups excluding carboxylic acids is 4. The third-order valence-electron chi connectivity index (χ3n) is 17.2. The molecule has 12 rings (SSSR count). The Bertz CT molecular complexity index is 3590. The SMILES string of the molecule is C#Cc1c(F)ccc2cccc(-c3ncc4c(N5CC6CCC(C5)N6C(=O)OC(C)(C)C)nc(OC[C@@]56CCCN5[C@H](COC(=O)N5CCC(OCc7cccc8c7n(C)c(=O)n8C7CCC(=O)NC7=O)CC5)CC6)nc4c3F)c12. The minimum absolute atomic E-state index is 0.00344. The molecule has 3 aromatic heterocycles. The first-order valence-corrected chi connectivity index (χ1v) is 27.7. The van der Waals surface area contributed by atoms with E-state index in [1.807, 2.05) is 37.8 Å². The average molecular weight is 1100 g/mol. The number of carbonyl (C=O) groups is 4. The lowest BCUT2D eigenvalue weighted by atomic mass is 9.95. The number of aromatic nitrogens is 5. The van der Waals surface area contributed by atoms with E-state index in [1.165, 1.54) is 15.2 Å². The first kappa shape index (κ1) is 53.0. The molecule has 2 bridgehead atoms. The molecule has 4 amide bonds. The van der Waals surface area contributed by atoms with E-state index >= 15 is 8.78 Å². The largest absolute Gasteiger partial charge is 0.461 e. The van der Waals surface area contributed by atoms with Crippen LogP contribution < -0.4 is 20.6 Å². The second-order valence-corrected chi connectivity index (χ2v) is 23.2.